The zero-order valence-electron chi connectivity index (χ0n) is 12.3. The first-order valence-electron chi connectivity index (χ1n) is 7.23. The molecule has 3 atom stereocenters. The number of hydrogen-bond acceptors (Lipinski definition) is 4. The van der Waals surface area contributed by atoms with Crippen molar-refractivity contribution in [3.8, 4) is 0 Å². The molecule has 1 unspecified atom stereocenters. The zero-order valence-corrected chi connectivity index (χ0v) is 14.7. The average Bonchev–Trinajstić information content (AvgIpc) is 2.48. The molecule has 2 heterocycles. The van der Waals surface area contributed by atoms with Gasteiger partial charge in [-0.15, -0.1) is 24.2 Å². The molecule has 1 fully saturated rings. The summed E-state index contributed by atoms with van der Waals surface area (Å²) < 4.78 is 5.54. The number of morpholine rings is 1. The van der Waals surface area contributed by atoms with Gasteiger partial charge in [0, 0.05) is 22.2 Å². The summed E-state index contributed by atoms with van der Waals surface area (Å²) >= 11 is 7.91. The number of carbonyl (C=O) groups excluding carboxylic acids is 1. The van der Waals surface area contributed by atoms with Gasteiger partial charge in [0.25, 0.3) is 0 Å². The number of hydrogen-bond donors (Lipinski definition) is 2. The summed E-state index contributed by atoms with van der Waals surface area (Å²) in [5.74, 6) is 1.01. The van der Waals surface area contributed by atoms with E-state index in [1.54, 1.807) is 0 Å². The first-order valence-corrected chi connectivity index (χ1v) is 8.59. The third-order valence-corrected chi connectivity index (χ3v) is 5.28. The van der Waals surface area contributed by atoms with Crippen molar-refractivity contribution >= 4 is 41.7 Å². The maximum absolute atomic E-state index is 12.5. The monoisotopic (exact) mass is 362 g/mol. The Balaban J connectivity index is 0.00000176. The fraction of sp³-hybridized carbons (Fsp3) is 0.533. The van der Waals surface area contributed by atoms with Gasteiger partial charge in [-0.3, -0.25) is 4.79 Å². The number of amides is 1. The standard InChI is InChI=1S/C15H19ClN2O2S.ClH/c1-9-14(17-5-6-20-9)15(19)18-12-4-7-21-13-3-2-10(16)8-11(12)13;/h2-3,8-9,12,14,17H,4-7H2,1H3,(H,18,19);1H/t9-,12?,14+;/m1./s1. The van der Waals surface area contributed by atoms with Crippen molar-refractivity contribution in [1.82, 2.24) is 10.6 Å². The van der Waals surface area contributed by atoms with E-state index in [2.05, 4.69) is 10.6 Å². The second kappa shape index (κ2) is 7.88. The van der Waals surface area contributed by atoms with Crippen LogP contribution in [-0.4, -0.2) is 37.0 Å². The van der Waals surface area contributed by atoms with Crippen LogP contribution in [0.5, 0.6) is 0 Å². The van der Waals surface area contributed by atoms with Crippen LogP contribution in [0.3, 0.4) is 0 Å². The quantitative estimate of drug-likeness (QED) is 0.849. The van der Waals surface area contributed by atoms with Crippen molar-refractivity contribution in [1.29, 1.82) is 0 Å². The Hall–Kier alpha value is -0.460. The minimum absolute atomic E-state index is 0. The van der Waals surface area contributed by atoms with Crippen LogP contribution in [0.1, 0.15) is 24.9 Å². The Morgan fingerprint density at radius 2 is 2.32 bits per heavy atom. The zero-order chi connectivity index (χ0) is 14.8. The summed E-state index contributed by atoms with van der Waals surface area (Å²) in [6, 6.07) is 5.64. The number of ether oxygens (including phenoxy) is 1. The summed E-state index contributed by atoms with van der Waals surface area (Å²) in [4.78, 5) is 13.7. The SMILES string of the molecule is C[C@H]1OCCN[C@@H]1C(=O)NC1CCSc2ccc(Cl)cc21.Cl. The molecule has 1 aromatic carbocycles. The highest BCUT2D eigenvalue weighted by Gasteiger charge is 2.31. The van der Waals surface area contributed by atoms with Gasteiger partial charge < -0.3 is 15.4 Å². The fourth-order valence-electron chi connectivity index (χ4n) is 2.80. The van der Waals surface area contributed by atoms with Gasteiger partial charge in [-0.2, -0.15) is 0 Å². The molecule has 0 bridgehead atoms. The molecule has 3 rings (SSSR count). The predicted molar refractivity (Wildman–Crippen MR) is 92.1 cm³/mol. The van der Waals surface area contributed by atoms with E-state index >= 15 is 0 Å². The molecule has 0 aliphatic carbocycles. The smallest absolute Gasteiger partial charge is 0.240 e. The third kappa shape index (κ3) is 3.89. The van der Waals surface area contributed by atoms with Gasteiger partial charge in [-0.1, -0.05) is 11.6 Å². The summed E-state index contributed by atoms with van der Waals surface area (Å²) in [5, 5.41) is 7.09. The Bertz CT molecular complexity index is 544. The molecule has 22 heavy (non-hydrogen) atoms. The topological polar surface area (TPSA) is 50.4 Å². The molecular formula is C15H20Cl2N2O2S. The second-order valence-corrected chi connectivity index (χ2v) is 6.96. The Labute approximate surface area is 146 Å². The van der Waals surface area contributed by atoms with E-state index in [1.165, 1.54) is 4.90 Å². The van der Waals surface area contributed by atoms with E-state index < -0.39 is 0 Å². The molecule has 0 spiro atoms. The number of rotatable bonds is 2. The average molecular weight is 363 g/mol. The van der Waals surface area contributed by atoms with Crippen LogP contribution in [0.2, 0.25) is 5.02 Å². The third-order valence-electron chi connectivity index (χ3n) is 3.93. The Morgan fingerprint density at radius 1 is 1.50 bits per heavy atom. The Morgan fingerprint density at radius 3 is 3.09 bits per heavy atom. The number of halogens is 2. The number of benzene rings is 1. The first-order chi connectivity index (χ1) is 10.1. The number of thioether (sulfide) groups is 1. The van der Waals surface area contributed by atoms with Gasteiger partial charge in [-0.25, -0.2) is 0 Å². The van der Waals surface area contributed by atoms with Crippen LogP contribution in [0, 0.1) is 0 Å². The number of nitrogens with one attached hydrogen (secondary N) is 2. The lowest BCUT2D eigenvalue weighted by atomic mass is 10.0. The van der Waals surface area contributed by atoms with Crippen LogP contribution in [0.4, 0.5) is 0 Å². The van der Waals surface area contributed by atoms with Gasteiger partial charge in [0.05, 0.1) is 18.8 Å². The minimum atomic E-state index is -0.282. The Kier molecular flexibility index (Phi) is 6.41. The van der Waals surface area contributed by atoms with E-state index in [9.17, 15) is 4.79 Å². The van der Waals surface area contributed by atoms with Gasteiger partial charge >= 0.3 is 0 Å². The first kappa shape index (κ1) is 17.9. The largest absolute Gasteiger partial charge is 0.375 e. The molecule has 0 saturated carbocycles. The molecule has 2 N–H and O–H groups in total. The molecule has 1 amide bonds. The van der Waals surface area contributed by atoms with Crippen molar-refractivity contribution in [2.75, 3.05) is 18.9 Å². The molecule has 0 radical (unpaired) electrons. The van der Waals surface area contributed by atoms with E-state index in [1.807, 2.05) is 36.9 Å². The van der Waals surface area contributed by atoms with Crippen LogP contribution >= 0.6 is 35.8 Å². The van der Waals surface area contributed by atoms with E-state index in [4.69, 9.17) is 16.3 Å². The number of carbonyl (C=O) groups is 1. The lowest BCUT2D eigenvalue weighted by molar-refractivity contribution is -0.129. The van der Waals surface area contributed by atoms with Crippen LogP contribution < -0.4 is 10.6 Å². The highest BCUT2D eigenvalue weighted by atomic mass is 35.5. The van der Waals surface area contributed by atoms with Gasteiger partial charge in [0.15, 0.2) is 0 Å². The number of fused-ring (bicyclic) bond motifs is 1. The summed E-state index contributed by atoms with van der Waals surface area (Å²) in [7, 11) is 0. The van der Waals surface area contributed by atoms with Crippen molar-refractivity contribution in [2.45, 2.75) is 36.4 Å². The van der Waals surface area contributed by atoms with Crippen molar-refractivity contribution in [3.63, 3.8) is 0 Å². The maximum atomic E-state index is 12.5. The molecule has 122 valence electrons. The molecule has 4 nitrogen and oxygen atoms in total. The second-order valence-electron chi connectivity index (χ2n) is 5.39. The lowest BCUT2D eigenvalue weighted by Crippen LogP contribution is -2.56. The van der Waals surface area contributed by atoms with Crippen molar-refractivity contribution in [2.24, 2.45) is 0 Å². The molecule has 0 aromatic heterocycles. The van der Waals surface area contributed by atoms with Gasteiger partial charge in [0.2, 0.25) is 5.91 Å². The van der Waals surface area contributed by atoms with Gasteiger partial charge in [-0.05, 0) is 37.1 Å². The summed E-state index contributed by atoms with van der Waals surface area (Å²) in [6.45, 7) is 3.30. The summed E-state index contributed by atoms with van der Waals surface area (Å²) in [6.07, 6.45) is 0.821. The van der Waals surface area contributed by atoms with Crippen LogP contribution in [0.25, 0.3) is 0 Å². The minimum Gasteiger partial charge on any atom is -0.375 e. The lowest BCUT2D eigenvalue weighted by Gasteiger charge is -2.32. The summed E-state index contributed by atoms with van der Waals surface area (Å²) in [5.41, 5.74) is 1.12. The van der Waals surface area contributed by atoms with Crippen molar-refractivity contribution in [3.05, 3.63) is 28.8 Å². The molecule has 7 heteroatoms. The molecule has 2 aliphatic heterocycles. The van der Waals surface area contributed by atoms with Crippen molar-refractivity contribution < 1.29 is 9.53 Å². The molecular weight excluding hydrogens is 343 g/mol. The van der Waals surface area contributed by atoms with Crippen LogP contribution in [0.15, 0.2) is 23.1 Å². The van der Waals surface area contributed by atoms with E-state index in [0.717, 1.165) is 17.7 Å². The maximum Gasteiger partial charge on any atom is 0.240 e. The molecule has 2 aliphatic rings. The highest BCUT2D eigenvalue weighted by molar-refractivity contribution is 7.99. The molecule has 1 aromatic rings. The highest BCUT2D eigenvalue weighted by Crippen LogP contribution is 2.37. The van der Waals surface area contributed by atoms with Gasteiger partial charge in [0.1, 0.15) is 6.04 Å². The van der Waals surface area contributed by atoms with Crippen LogP contribution in [-0.2, 0) is 9.53 Å². The fourth-order valence-corrected chi connectivity index (χ4v) is 4.09. The normalized spacial score (nSPS) is 27.5. The van der Waals surface area contributed by atoms with E-state index in [0.29, 0.717) is 18.2 Å². The molecule has 1 saturated heterocycles. The van der Waals surface area contributed by atoms with E-state index in [-0.39, 0.29) is 36.5 Å². The predicted octanol–water partition coefficient (Wildman–Crippen LogP) is 2.79.